The van der Waals surface area contributed by atoms with E-state index < -0.39 is 11.7 Å². The van der Waals surface area contributed by atoms with Gasteiger partial charge >= 0.3 is 6.18 Å². The summed E-state index contributed by atoms with van der Waals surface area (Å²) in [5.41, 5.74) is -0.477. The molecule has 1 aromatic heterocycles. The first kappa shape index (κ1) is 21.8. The number of rotatable bonds is 4. The number of carbonyl (C=O) groups excluding carboxylic acids is 1. The Morgan fingerprint density at radius 1 is 1.06 bits per heavy atom. The minimum Gasteiger partial charge on any atom is -0.340 e. The molecule has 0 N–H and O–H groups in total. The lowest BCUT2D eigenvalue weighted by atomic mass is 9.98. The van der Waals surface area contributed by atoms with Crippen LogP contribution >= 0.6 is 0 Å². The first-order valence-corrected chi connectivity index (χ1v) is 10.9. The molecule has 1 aliphatic carbocycles. The average Bonchev–Trinajstić information content (AvgIpc) is 3.05. The summed E-state index contributed by atoms with van der Waals surface area (Å²) in [5, 5.41) is 3.84. The van der Waals surface area contributed by atoms with Gasteiger partial charge in [-0.25, -0.2) is 0 Å². The van der Waals surface area contributed by atoms with Crippen LogP contribution in [0.15, 0.2) is 28.8 Å². The van der Waals surface area contributed by atoms with Crippen LogP contribution in [0.5, 0.6) is 0 Å². The molecule has 1 amide bonds. The largest absolute Gasteiger partial charge is 0.416 e. The van der Waals surface area contributed by atoms with Gasteiger partial charge in [-0.1, -0.05) is 43.0 Å². The number of nitrogens with zero attached hydrogens (tertiary/aromatic N) is 4. The molecule has 0 spiro atoms. The molecule has 4 rings (SSSR count). The van der Waals surface area contributed by atoms with Crippen LogP contribution in [0, 0.1) is 5.92 Å². The lowest BCUT2D eigenvalue weighted by Crippen LogP contribution is -2.50. The molecule has 2 fully saturated rings. The lowest BCUT2D eigenvalue weighted by molar-refractivity contribution is -0.138. The molecule has 2 aromatic rings. The smallest absolute Gasteiger partial charge is 0.340 e. The number of carbonyl (C=O) groups is 1. The maximum absolute atomic E-state index is 12.9. The normalized spacial score (nSPS) is 19.4. The third kappa shape index (κ3) is 5.44. The first-order chi connectivity index (χ1) is 14.9. The number of alkyl halides is 3. The van der Waals surface area contributed by atoms with E-state index >= 15 is 0 Å². The molecule has 0 bridgehead atoms. The second-order valence-corrected chi connectivity index (χ2v) is 8.38. The SMILES string of the molecule is O=C(C1CCCCCC1)N1CCN(Cc2nc(-c3cccc(C(F)(F)F)c3)no2)CC1. The molecular weight excluding hydrogens is 409 g/mol. The van der Waals surface area contributed by atoms with Gasteiger partial charge in [-0.05, 0) is 25.0 Å². The highest BCUT2D eigenvalue weighted by molar-refractivity contribution is 5.79. The van der Waals surface area contributed by atoms with Gasteiger partial charge in [0.05, 0.1) is 12.1 Å². The third-order valence-corrected chi connectivity index (χ3v) is 6.16. The van der Waals surface area contributed by atoms with E-state index in [1.54, 1.807) is 0 Å². The standard InChI is InChI=1S/C22H27F3N4O2/c23-22(24,25)18-9-5-8-17(14-18)20-26-19(31-27-20)15-28-10-12-29(13-11-28)21(30)16-6-3-1-2-4-7-16/h5,8-9,14,16H,1-4,6-7,10-13,15H2. The highest BCUT2D eigenvalue weighted by Gasteiger charge is 2.31. The Kier molecular flexibility index (Phi) is 6.60. The summed E-state index contributed by atoms with van der Waals surface area (Å²) in [6.07, 6.45) is 2.31. The van der Waals surface area contributed by atoms with Crippen molar-refractivity contribution in [2.75, 3.05) is 26.2 Å². The van der Waals surface area contributed by atoms with Crippen molar-refractivity contribution in [3.63, 3.8) is 0 Å². The van der Waals surface area contributed by atoms with E-state index in [1.807, 2.05) is 4.90 Å². The predicted molar refractivity (Wildman–Crippen MR) is 108 cm³/mol. The van der Waals surface area contributed by atoms with Crippen LogP contribution in [0.1, 0.15) is 50.0 Å². The first-order valence-electron chi connectivity index (χ1n) is 10.9. The fourth-order valence-electron chi connectivity index (χ4n) is 4.37. The molecule has 1 saturated heterocycles. The van der Waals surface area contributed by atoms with Gasteiger partial charge in [0.25, 0.3) is 0 Å². The van der Waals surface area contributed by atoms with Crippen molar-refractivity contribution in [3.8, 4) is 11.4 Å². The van der Waals surface area contributed by atoms with Crippen LogP contribution in [-0.2, 0) is 17.5 Å². The van der Waals surface area contributed by atoms with Crippen molar-refractivity contribution >= 4 is 5.91 Å². The molecule has 31 heavy (non-hydrogen) atoms. The van der Waals surface area contributed by atoms with Crippen molar-refractivity contribution in [2.24, 2.45) is 5.92 Å². The summed E-state index contributed by atoms with van der Waals surface area (Å²) >= 11 is 0. The van der Waals surface area contributed by atoms with Crippen LogP contribution in [0.3, 0.4) is 0 Å². The summed E-state index contributed by atoms with van der Waals surface area (Å²) in [5.74, 6) is 0.949. The predicted octanol–water partition coefficient (Wildman–Crippen LogP) is 4.37. The molecule has 0 radical (unpaired) electrons. The zero-order valence-corrected chi connectivity index (χ0v) is 17.4. The minimum atomic E-state index is -4.42. The molecular formula is C22H27F3N4O2. The van der Waals surface area contributed by atoms with Crippen molar-refractivity contribution in [2.45, 2.75) is 51.2 Å². The average molecular weight is 436 g/mol. The third-order valence-electron chi connectivity index (χ3n) is 6.16. The summed E-state index contributed by atoms with van der Waals surface area (Å²) < 4.78 is 44.0. The number of hydrogen-bond donors (Lipinski definition) is 0. The number of amides is 1. The molecule has 0 unspecified atom stereocenters. The Hall–Kier alpha value is -2.42. The van der Waals surface area contributed by atoms with E-state index in [0.29, 0.717) is 38.6 Å². The second-order valence-electron chi connectivity index (χ2n) is 8.38. The number of hydrogen-bond acceptors (Lipinski definition) is 5. The maximum atomic E-state index is 12.9. The van der Waals surface area contributed by atoms with Gasteiger partial charge < -0.3 is 9.42 Å². The van der Waals surface area contributed by atoms with Gasteiger partial charge in [0.15, 0.2) is 0 Å². The quantitative estimate of drug-likeness (QED) is 0.666. The van der Waals surface area contributed by atoms with Crippen molar-refractivity contribution in [3.05, 3.63) is 35.7 Å². The fourth-order valence-corrected chi connectivity index (χ4v) is 4.37. The topological polar surface area (TPSA) is 62.5 Å². The van der Waals surface area contributed by atoms with E-state index in [-0.39, 0.29) is 23.2 Å². The van der Waals surface area contributed by atoms with E-state index in [2.05, 4.69) is 15.0 Å². The van der Waals surface area contributed by atoms with E-state index in [1.165, 1.54) is 25.0 Å². The molecule has 168 valence electrons. The summed E-state index contributed by atoms with van der Waals surface area (Å²) in [4.78, 5) is 21.2. The summed E-state index contributed by atoms with van der Waals surface area (Å²) in [7, 11) is 0. The van der Waals surface area contributed by atoms with Gasteiger partial charge in [0.1, 0.15) is 0 Å². The highest BCUT2D eigenvalue weighted by atomic mass is 19.4. The van der Waals surface area contributed by atoms with Gasteiger partial charge in [-0.3, -0.25) is 9.69 Å². The molecule has 0 atom stereocenters. The summed E-state index contributed by atoms with van der Waals surface area (Å²) in [6.45, 7) is 3.17. The molecule has 9 heteroatoms. The van der Waals surface area contributed by atoms with Crippen molar-refractivity contribution < 1.29 is 22.5 Å². The molecule has 1 aliphatic heterocycles. The monoisotopic (exact) mass is 436 g/mol. The lowest BCUT2D eigenvalue weighted by Gasteiger charge is -2.35. The number of halogens is 3. The van der Waals surface area contributed by atoms with Crippen molar-refractivity contribution in [1.29, 1.82) is 0 Å². The molecule has 2 aliphatic rings. The van der Waals surface area contributed by atoms with E-state index in [0.717, 1.165) is 37.8 Å². The van der Waals surface area contributed by atoms with Crippen LogP contribution in [-0.4, -0.2) is 52.0 Å². The Labute approximate surface area is 179 Å². The Morgan fingerprint density at radius 3 is 2.45 bits per heavy atom. The number of aromatic nitrogens is 2. The zero-order chi connectivity index (χ0) is 21.8. The second kappa shape index (κ2) is 9.38. The van der Waals surface area contributed by atoms with Gasteiger partial charge in [0, 0.05) is 37.7 Å². The molecule has 1 aromatic carbocycles. The van der Waals surface area contributed by atoms with Crippen LogP contribution in [0.4, 0.5) is 13.2 Å². The Balaban J connectivity index is 1.32. The number of piperazine rings is 1. The van der Waals surface area contributed by atoms with Crippen LogP contribution in [0.2, 0.25) is 0 Å². The van der Waals surface area contributed by atoms with Crippen LogP contribution < -0.4 is 0 Å². The van der Waals surface area contributed by atoms with Gasteiger partial charge in [0.2, 0.25) is 17.6 Å². The van der Waals surface area contributed by atoms with Gasteiger partial charge in [-0.15, -0.1) is 0 Å². The molecule has 6 nitrogen and oxygen atoms in total. The molecule has 2 heterocycles. The van der Waals surface area contributed by atoms with Gasteiger partial charge in [-0.2, -0.15) is 18.2 Å². The van der Waals surface area contributed by atoms with Crippen molar-refractivity contribution in [1.82, 2.24) is 19.9 Å². The Morgan fingerprint density at radius 2 is 1.77 bits per heavy atom. The van der Waals surface area contributed by atoms with Crippen LogP contribution in [0.25, 0.3) is 11.4 Å². The van der Waals surface area contributed by atoms with E-state index in [4.69, 9.17) is 4.52 Å². The Bertz CT molecular complexity index is 883. The number of benzene rings is 1. The fraction of sp³-hybridized carbons (Fsp3) is 0.591. The molecule has 1 saturated carbocycles. The highest BCUT2D eigenvalue weighted by Crippen LogP contribution is 2.31. The zero-order valence-electron chi connectivity index (χ0n) is 17.4. The summed E-state index contributed by atoms with van der Waals surface area (Å²) in [6, 6.07) is 4.90. The van der Waals surface area contributed by atoms with E-state index in [9.17, 15) is 18.0 Å². The maximum Gasteiger partial charge on any atom is 0.416 e. The minimum absolute atomic E-state index is 0.142.